The molecule has 0 saturated carbocycles. The maximum absolute atomic E-state index is 11.0. The summed E-state index contributed by atoms with van der Waals surface area (Å²) in [5.74, 6) is -0.883. The number of aromatic nitrogens is 2. The first-order valence-electron chi connectivity index (χ1n) is 5.88. The zero-order valence-electron chi connectivity index (χ0n) is 10.3. The van der Waals surface area contributed by atoms with E-state index in [1.54, 1.807) is 10.7 Å². The number of rotatable bonds is 3. The van der Waals surface area contributed by atoms with Gasteiger partial charge in [0, 0.05) is 18.9 Å². The average Bonchev–Trinajstić information content (AvgIpc) is 2.94. The first-order chi connectivity index (χ1) is 9.15. The van der Waals surface area contributed by atoms with E-state index in [-0.39, 0.29) is 0 Å². The Morgan fingerprint density at radius 2 is 2.11 bits per heavy atom. The molecule has 0 aliphatic rings. The van der Waals surface area contributed by atoms with Crippen LogP contribution >= 0.6 is 11.3 Å². The Balaban J connectivity index is 2.06. The molecule has 96 valence electrons. The fourth-order valence-corrected chi connectivity index (χ4v) is 3.07. The summed E-state index contributed by atoms with van der Waals surface area (Å²) in [6, 6.07) is 11.8. The van der Waals surface area contributed by atoms with Crippen molar-refractivity contribution < 1.29 is 9.90 Å². The minimum absolute atomic E-state index is 0.359. The van der Waals surface area contributed by atoms with Crippen LogP contribution in [0.5, 0.6) is 0 Å². The van der Waals surface area contributed by atoms with Gasteiger partial charge in [0.1, 0.15) is 9.71 Å². The van der Waals surface area contributed by atoms with Gasteiger partial charge in [0.15, 0.2) is 0 Å². The van der Waals surface area contributed by atoms with E-state index in [9.17, 15) is 4.79 Å². The summed E-state index contributed by atoms with van der Waals surface area (Å²) in [5.41, 5.74) is 2.10. The summed E-state index contributed by atoms with van der Waals surface area (Å²) >= 11 is 1.26. The molecule has 0 amide bonds. The Labute approximate surface area is 113 Å². The van der Waals surface area contributed by atoms with Gasteiger partial charge in [-0.15, -0.1) is 11.3 Å². The van der Waals surface area contributed by atoms with Crippen LogP contribution in [-0.2, 0) is 13.5 Å². The van der Waals surface area contributed by atoms with Gasteiger partial charge < -0.3 is 5.11 Å². The van der Waals surface area contributed by atoms with Crippen LogP contribution in [0.25, 0.3) is 10.2 Å². The molecule has 0 aliphatic heterocycles. The second-order valence-corrected chi connectivity index (χ2v) is 5.40. The second kappa shape index (κ2) is 4.51. The number of hydrogen-bond acceptors (Lipinski definition) is 3. The highest BCUT2D eigenvalue weighted by Crippen LogP contribution is 2.29. The minimum Gasteiger partial charge on any atom is -0.477 e. The Morgan fingerprint density at radius 3 is 2.79 bits per heavy atom. The molecule has 0 bridgehead atoms. The van der Waals surface area contributed by atoms with Gasteiger partial charge >= 0.3 is 5.97 Å². The minimum atomic E-state index is -0.883. The van der Waals surface area contributed by atoms with Crippen molar-refractivity contribution in [3.05, 3.63) is 52.5 Å². The third-order valence-corrected chi connectivity index (χ3v) is 4.20. The fourth-order valence-electron chi connectivity index (χ4n) is 2.13. The molecule has 0 atom stereocenters. The lowest BCUT2D eigenvalue weighted by molar-refractivity contribution is 0.0702. The van der Waals surface area contributed by atoms with Gasteiger partial charge in [-0.2, -0.15) is 5.10 Å². The highest BCUT2D eigenvalue weighted by atomic mass is 32.1. The topological polar surface area (TPSA) is 55.1 Å². The van der Waals surface area contributed by atoms with Crippen LogP contribution in [0.1, 0.15) is 20.9 Å². The molecule has 0 spiro atoms. The van der Waals surface area contributed by atoms with Crippen LogP contribution < -0.4 is 0 Å². The summed E-state index contributed by atoms with van der Waals surface area (Å²) in [5, 5.41) is 14.5. The quantitative estimate of drug-likeness (QED) is 0.797. The van der Waals surface area contributed by atoms with Crippen molar-refractivity contribution >= 4 is 27.5 Å². The molecule has 0 aliphatic carbocycles. The van der Waals surface area contributed by atoms with E-state index in [0.29, 0.717) is 11.3 Å². The maximum atomic E-state index is 11.0. The molecule has 1 N–H and O–H groups in total. The van der Waals surface area contributed by atoms with E-state index in [0.717, 1.165) is 15.9 Å². The van der Waals surface area contributed by atoms with Crippen LogP contribution in [0.2, 0.25) is 0 Å². The number of thiophene rings is 1. The number of hydrogen-bond donors (Lipinski definition) is 1. The monoisotopic (exact) mass is 272 g/mol. The van der Waals surface area contributed by atoms with E-state index < -0.39 is 5.97 Å². The van der Waals surface area contributed by atoms with E-state index in [1.807, 2.05) is 37.4 Å². The summed E-state index contributed by atoms with van der Waals surface area (Å²) in [4.78, 5) is 12.3. The zero-order chi connectivity index (χ0) is 13.4. The molecule has 5 heteroatoms. The molecule has 0 saturated heterocycles. The Bertz CT molecular complexity index is 743. The molecular formula is C14H12N2O2S. The van der Waals surface area contributed by atoms with E-state index in [2.05, 4.69) is 5.10 Å². The van der Waals surface area contributed by atoms with Gasteiger partial charge in [0.2, 0.25) is 0 Å². The molecule has 19 heavy (non-hydrogen) atoms. The number of nitrogens with zero attached hydrogens (tertiary/aromatic N) is 2. The summed E-state index contributed by atoms with van der Waals surface area (Å²) in [6.07, 6.45) is 0.716. The van der Waals surface area contributed by atoms with Gasteiger partial charge in [-0.3, -0.25) is 4.68 Å². The number of aromatic carboxylic acids is 1. The third-order valence-electron chi connectivity index (χ3n) is 3.01. The number of fused-ring (bicyclic) bond motifs is 1. The molecule has 3 aromatic rings. The first kappa shape index (κ1) is 11.9. The van der Waals surface area contributed by atoms with E-state index in [1.165, 1.54) is 16.9 Å². The summed E-state index contributed by atoms with van der Waals surface area (Å²) in [6.45, 7) is 0. The van der Waals surface area contributed by atoms with Gasteiger partial charge in [-0.1, -0.05) is 30.3 Å². The van der Waals surface area contributed by atoms with Crippen molar-refractivity contribution in [2.75, 3.05) is 0 Å². The molecular weight excluding hydrogens is 260 g/mol. The Kier molecular flexibility index (Phi) is 2.83. The van der Waals surface area contributed by atoms with Crippen molar-refractivity contribution in [3.63, 3.8) is 0 Å². The van der Waals surface area contributed by atoms with Crippen molar-refractivity contribution in [1.29, 1.82) is 0 Å². The lowest BCUT2D eigenvalue weighted by Crippen LogP contribution is -1.95. The van der Waals surface area contributed by atoms with Crippen molar-refractivity contribution in [2.45, 2.75) is 6.42 Å². The molecule has 4 nitrogen and oxygen atoms in total. The molecule has 3 rings (SSSR count). The normalized spacial score (nSPS) is 11.0. The van der Waals surface area contributed by atoms with Gasteiger partial charge in [0.25, 0.3) is 0 Å². The highest BCUT2D eigenvalue weighted by Gasteiger charge is 2.16. The van der Waals surface area contributed by atoms with Crippen molar-refractivity contribution in [3.8, 4) is 0 Å². The number of carboxylic acid groups (broad SMARTS) is 1. The summed E-state index contributed by atoms with van der Waals surface area (Å²) < 4.78 is 1.75. The molecule has 1 aromatic carbocycles. The van der Waals surface area contributed by atoms with Crippen LogP contribution in [0.4, 0.5) is 0 Å². The number of carbonyl (C=O) groups is 1. The largest absolute Gasteiger partial charge is 0.477 e. The van der Waals surface area contributed by atoms with E-state index >= 15 is 0 Å². The lowest BCUT2D eigenvalue weighted by atomic mass is 10.1. The van der Waals surface area contributed by atoms with Gasteiger partial charge in [-0.25, -0.2) is 4.79 Å². The number of benzene rings is 1. The van der Waals surface area contributed by atoms with Crippen LogP contribution in [0, 0.1) is 0 Å². The fraction of sp³-hybridized carbons (Fsp3) is 0.143. The molecule has 0 fully saturated rings. The van der Waals surface area contributed by atoms with Crippen LogP contribution in [-0.4, -0.2) is 20.9 Å². The molecule has 0 radical (unpaired) electrons. The zero-order valence-corrected chi connectivity index (χ0v) is 11.1. The smallest absolute Gasteiger partial charge is 0.345 e. The first-order valence-corrected chi connectivity index (χ1v) is 6.69. The second-order valence-electron chi connectivity index (χ2n) is 4.37. The standard InChI is InChI=1S/C14H12N2O2S/c1-16-13-10(8-12(19-13)14(17)18)11(15-16)7-9-5-3-2-4-6-9/h2-6,8H,7H2,1H3,(H,17,18). The highest BCUT2D eigenvalue weighted by molar-refractivity contribution is 7.20. The lowest BCUT2D eigenvalue weighted by Gasteiger charge is -1.97. The average molecular weight is 272 g/mol. The van der Waals surface area contributed by atoms with Crippen LogP contribution in [0.15, 0.2) is 36.4 Å². The number of aryl methyl sites for hydroxylation is 1. The maximum Gasteiger partial charge on any atom is 0.345 e. The van der Waals surface area contributed by atoms with Crippen LogP contribution in [0.3, 0.4) is 0 Å². The Hall–Kier alpha value is -2.14. The van der Waals surface area contributed by atoms with E-state index in [4.69, 9.17) is 5.11 Å². The molecule has 2 aromatic heterocycles. The third kappa shape index (κ3) is 2.13. The van der Waals surface area contributed by atoms with Crippen molar-refractivity contribution in [2.24, 2.45) is 7.05 Å². The predicted octanol–water partition coefficient (Wildman–Crippen LogP) is 2.92. The SMILES string of the molecule is Cn1nc(Cc2ccccc2)c2cc(C(=O)O)sc21. The van der Waals surface area contributed by atoms with Gasteiger partial charge in [-0.05, 0) is 11.6 Å². The molecule has 2 heterocycles. The molecule has 0 unspecified atom stereocenters. The number of carboxylic acids is 1. The Morgan fingerprint density at radius 1 is 1.37 bits per heavy atom. The van der Waals surface area contributed by atoms with Gasteiger partial charge in [0.05, 0.1) is 5.69 Å². The summed E-state index contributed by atoms with van der Waals surface area (Å²) in [7, 11) is 1.85. The predicted molar refractivity (Wildman–Crippen MR) is 74.8 cm³/mol. The van der Waals surface area contributed by atoms with Crippen molar-refractivity contribution in [1.82, 2.24) is 9.78 Å².